The van der Waals surface area contributed by atoms with Gasteiger partial charge in [-0.05, 0) is 25.3 Å². The van der Waals surface area contributed by atoms with Crippen molar-refractivity contribution in [2.75, 3.05) is 19.7 Å². The molecule has 1 aromatic carbocycles. The fourth-order valence-electron chi connectivity index (χ4n) is 3.76. The first kappa shape index (κ1) is 16.8. The Hall–Kier alpha value is -2.08. The van der Waals surface area contributed by atoms with E-state index in [0.717, 1.165) is 35.9 Å². The van der Waals surface area contributed by atoms with Gasteiger partial charge in [0, 0.05) is 31.9 Å². The molecule has 1 aliphatic heterocycles. The topological polar surface area (TPSA) is 70.4 Å². The average molecular weight is 330 g/mol. The molecule has 2 aromatic rings. The summed E-state index contributed by atoms with van der Waals surface area (Å²) < 4.78 is 1.88. The standard InChI is InChI=1S/C18H26N4O2/c1-3-18(13-23)10-6-12-22(18)17(24)19-11-9-15-14-7-4-5-8-16(14)21(2)20-15/h4-5,7-8,23H,3,6,9-13H2,1-2H3,(H,19,24)/t18-/m1/s1. The van der Waals surface area contributed by atoms with E-state index in [-0.39, 0.29) is 18.2 Å². The number of aliphatic hydroxyl groups excluding tert-OH is 1. The minimum absolute atomic E-state index is 0.0296. The normalized spacial score (nSPS) is 20.7. The van der Waals surface area contributed by atoms with Crippen LogP contribution in [0.2, 0.25) is 0 Å². The maximum atomic E-state index is 12.5. The van der Waals surface area contributed by atoms with Gasteiger partial charge in [-0.25, -0.2) is 4.79 Å². The number of likely N-dealkylation sites (tertiary alicyclic amines) is 1. The Morgan fingerprint density at radius 3 is 2.96 bits per heavy atom. The molecule has 0 radical (unpaired) electrons. The molecule has 6 nitrogen and oxygen atoms in total. The van der Waals surface area contributed by atoms with Crippen LogP contribution in [-0.2, 0) is 13.5 Å². The monoisotopic (exact) mass is 330 g/mol. The number of fused-ring (bicyclic) bond motifs is 1. The fraction of sp³-hybridized carbons (Fsp3) is 0.556. The maximum Gasteiger partial charge on any atom is 0.317 e. The van der Waals surface area contributed by atoms with E-state index in [2.05, 4.69) is 16.5 Å². The Morgan fingerprint density at radius 1 is 1.42 bits per heavy atom. The highest BCUT2D eigenvalue weighted by atomic mass is 16.3. The summed E-state index contributed by atoms with van der Waals surface area (Å²) in [5.41, 5.74) is 1.71. The molecule has 130 valence electrons. The molecule has 0 bridgehead atoms. The van der Waals surface area contributed by atoms with E-state index in [1.54, 1.807) is 0 Å². The minimum atomic E-state index is -0.387. The lowest BCUT2D eigenvalue weighted by Gasteiger charge is -2.36. The van der Waals surface area contributed by atoms with E-state index in [0.29, 0.717) is 19.5 Å². The molecule has 3 rings (SSSR count). The largest absolute Gasteiger partial charge is 0.394 e. The minimum Gasteiger partial charge on any atom is -0.394 e. The number of benzene rings is 1. The van der Waals surface area contributed by atoms with Crippen LogP contribution in [0.25, 0.3) is 10.9 Å². The lowest BCUT2D eigenvalue weighted by atomic mass is 9.94. The zero-order valence-corrected chi connectivity index (χ0v) is 14.5. The highest BCUT2D eigenvalue weighted by Crippen LogP contribution is 2.31. The van der Waals surface area contributed by atoms with Gasteiger partial charge in [0.05, 0.1) is 23.4 Å². The molecule has 24 heavy (non-hydrogen) atoms. The molecule has 0 spiro atoms. The first-order chi connectivity index (χ1) is 11.6. The van der Waals surface area contributed by atoms with Gasteiger partial charge in [-0.2, -0.15) is 5.10 Å². The Labute approximate surface area is 142 Å². The van der Waals surface area contributed by atoms with Crippen molar-refractivity contribution in [2.45, 2.75) is 38.1 Å². The van der Waals surface area contributed by atoms with Crippen molar-refractivity contribution in [2.24, 2.45) is 7.05 Å². The molecule has 1 aromatic heterocycles. The van der Waals surface area contributed by atoms with E-state index < -0.39 is 0 Å². The second kappa shape index (κ2) is 6.81. The van der Waals surface area contributed by atoms with E-state index in [9.17, 15) is 9.90 Å². The molecule has 0 unspecified atom stereocenters. The van der Waals surface area contributed by atoms with Crippen LogP contribution in [0, 0.1) is 0 Å². The smallest absolute Gasteiger partial charge is 0.317 e. The molecule has 2 N–H and O–H groups in total. The number of para-hydroxylation sites is 1. The number of rotatable bonds is 5. The average Bonchev–Trinajstić information content (AvgIpc) is 3.17. The molecule has 2 heterocycles. The predicted octanol–water partition coefficient (Wildman–Crippen LogP) is 2.06. The summed E-state index contributed by atoms with van der Waals surface area (Å²) in [4.78, 5) is 14.3. The third-order valence-corrected chi connectivity index (χ3v) is 5.27. The van der Waals surface area contributed by atoms with Crippen LogP contribution in [0.15, 0.2) is 24.3 Å². The third kappa shape index (κ3) is 2.86. The van der Waals surface area contributed by atoms with Crippen molar-refractivity contribution in [3.05, 3.63) is 30.0 Å². The molecule has 0 aliphatic carbocycles. The summed E-state index contributed by atoms with van der Waals surface area (Å²) in [7, 11) is 1.94. The zero-order chi connectivity index (χ0) is 17.2. The zero-order valence-electron chi connectivity index (χ0n) is 14.5. The first-order valence-corrected chi connectivity index (χ1v) is 8.68. The lowest BCUT2D eigenvalue weighted by Crippen LogP contribution is -2.53. The predicted molar refractivity (Wildman–Crippen MR) is 93.9 cm³/mol. The highest BCUT2D eigenvalue weighted by molar-refractivity contribution is 5.82. The SMILES string of the molecule is CC[C@]1(CO)CCCN1C(=O)NCCc1nn(C)c2ccccc12. The lowest BCUT2D eigenvalue weighted by molar-refractivity contribution is 0.0811. The molecule has 2 amide bonds. The number of urea groups is 1. The number of hydrogen-bond donors (Lipinski definition) is 2. The van der Waals surface area contributed by atoms with Crippen LogP contribution >= 0.6 is 0 Å². The number of carbonyl (C=O) groups is 1. The van der Waals surface area contributed by atoms with Gasteiger partial charge in [-0.1, -0.05) is 25.1 Å². The molecular formula is C18H26N4O2. The quantitative estimate of drug-likeness (QED) is 0.881. The van der Waals surface area contributed by atoms with Crippen molar-refractivity contribution in [3.8, 4) is 0 Å². The summed E-state index contributed by atoms with van der Waals surface area (Å²) in [5, 5.41) is 18.4. The summed E-state index contributed by atoms with van der Waals surface area (Å²) in [6.45, 7) is 3.32. The van der Waals surface area contributed by atoms with Crippen molar-refractivity contribution < 1.29 is 9.90 Å². The molecule has 1 saturated heterocycles. The Bertz CT molecular complexity index is 721. The summed E-state index contributed by atoms with van der Waals surface area (Å²) in [6.07, 6.45) is 3.30. The number of nitrogens with zero attached hydrogens (tertiary/aromatic N) is 3. The number of nitrogens with one attached hydrogen (secondary N) is 1. The van der Waals surface area contributed by atoms with Gasteiger partial charge in [-0.15, -0.1) is 0 Å². The van der Waals surface area contributed by atoms with Gasteiger partial charge in [0.2, 0.25) is 0 Å². The Morgan fingerprint density at radius 2 is 2.21 bits per heavy atom. The number of hydrogen-bond acceptors (Lipinski definition) is 3. The van der Waals surface area contributed by atoms with Crippen LogP contribution in [0.1, 0.15) is 31.9 Å². The van der Waals surface area contributed by atoms with Crippen molar-refractivity contribution >= 4 is 16.9 Å². The summed E-state index contributed by atoms with van der Waals surface area (Å²) in [6, 6.07) is 8.04. The molecular weight excluding hydrogens is 304 g/mol. The van der Waals surface area contributed by atoms with Gasteiger partial charge in [-0.3, -0.25) is 4.68 Å². The summed E-state index contributed by atoms with van der Waals surface area (Å²) in [5.74, 6) is 0. The fourth-order valence-corrected chi connectivity index (χ4v) is 3.76. The van der Waals surface area contributed by atoms with Crippen LogP contribution in [0.4, 0.5) is 4.79 Å². The number of aromatic nitrogens is 2. The Kier molecular flexibility index (Phi) is 4.76. The van der Waals surface area contributed by atoms with Crippen molar-refractivity contribution in [3.63, 3.8) is 0 Å². The second-order valence-electron chi connectivity index (χ2n) is 6.56. The molecule has 1 atom stereocenters. The molecule has 6 heteroatoms. The van der Waals surface area contributed by atoms with Crippen LogP contribution < -0.4 is 5.32 Å². The van der Waals surface area contributed by atoms with E-state index in [4.69, 9.17) is 0 Å². The second-order valence-corrected chi connectivity index (χ2v) is 6.56. The van der Waals surface area contributed by atoms with Crippen LogP contribution in [-0.4, -0.2) is 51.1 Å². The number of amides is 2. The van der Waals surface area contributed by atoms with E-state index in [1.807, 2.05) is 41.8 Å². The van der Waals surface area contributed by atoms with Gasteiger partial charge in [0.15, 0.2) is 0 Å². The van der Waals surface area contributed by atoms with Crippen LogP contribution in [0.5, 0.6) is 0 Å². The van der Waals surface area contributed by atoms with Gasteiger partial charge < -0.3 is 15.3 Å². The molecule has 1 fully saturated rings. The number of aryl methyl sites for hydroxylation is 1. The van der Waals surface area contributed by atoms with Crippen LogP contribution in [0.3, 0.4) is 0 Å². The molecule has 0 saturated carbocycles. The number of aliphatic hydroxyl groups is 1. The summed E-state index contributed by atoms with van der Waals surface area (Å²) >= 11 is 0. The number of carbonyl (C=O) groups excluding carboxylic acids is 1. The molecule has 1 aliphatic rings. The first-order valence-electron chi connectivity index (χ1n) is 8.68. The van der Waals surface area contributed by atoms with Crippen molar-refractivity contribution in [1.29, 1.82) is 0 Å². The Balaban J connectivity index is 1.63. The van der Waals surface area contributed by atoms with Gasteiger partial charge in [0.25, 0.3) is 0 Å². The van der Waals surface area contributed by atoms with E-state index >= 15 is 0 Å². The van der Waals surface area contributed by atoms with Crippen molar-refractivity contribution in [1.82, 2.24) is 20.0 Å². The maximum absolute atomic E-state index is 12.5. The third-order valence-electron chi connectivity index (χ3n) is 5.27. The van der Waals surface area contributed by atoms with Gasteiger partial charge in [0.1, 0.15) is 0 Å². The van der Waals surface area contributed by atoms with E-state index in [1.165, 1.54) is 0 Å². The van der Waals surface area contributed by atoms with Gasteiger partial charge >= 0.3 is 6.03 Å². The highest BCUT2D eigenvalue weighted by Gasteiger charge is 2.41.